The van der Waals surface area contributed by atoms with Crippen LogP contribution in [0.3, 0.4) is 0 Å². The van der Waals surface area contributed by atoms with E-state index in [4.69, 9.17) is 0 Å². The van der Waals surface area contributed by atoms with Crippen molar-refractivity contribution in [1.82, 2.24) is 15.1 Å². The lowest BCUT2D eigenvalue weighted by atomic mass is 10.3. The first kappa shape index (κ1) is 11.0. The molecule has 0 saturated heterocycles. The summed E-state index contributed by atoms with van der Waals surface area (Å²) in [6.07, 6.45) is 3.23. The van der Waals surface area contributed by atoms with Gasteiger partial charge >= 0.3 is 5.69 Å². The van der Waals surface area contributed by atoms with Crippen LogP contribution in [-0.4, -0.2) is 26.6 Å². The number of hydrogen-bond donors (Lipinski definition) is 1. The van der Waals surface area contributed by atoms with E-state index in [0.29, 0.717) is 18.8 Å². The van der Waals surface area contributed by atoms with Gasteiger partial charge in [-0.1, -0.05) is 5.16 Å². The van der Waals surface area contributed by atoms with Crippen molar-refractivity contribution >= 4 is 11.5 Å². The maximum atomic E-state index is 10.7. The van der Waals surface area contributed by atoms with Crippen molar-refractivity contribution in [2.75, 3.05) is 11.9 Å². The molecule has 0 aliphatic rings. The molecule has 8 heteroatoms. The van der Waals surface area contributed by atoms with Crippen LogP contribution in [0.2, 0.25) is 0 Å². The molecule has 0 amide bonds. The van der Waals surface area contributed by atoms with Crippen molar-refractivity contribution in [2.24, 2.45) is 0 Å². The fourth-order valence-electron chi connectivity index (χ4n) is 1.28. The topological polar surface area (TPSA) is 107 Å². The number of nitrogens with one attached hydrogen (secondary N) is 1. The molecule has 88 valence electrons. The predicted octanol–water partition coefficient (Wildman–Crippen LogP) is 1.03. The Labute approximate surface area is 95.8 Å². The summed E-state index contributed by atoms with van der Waals surface area (Å²) in [7, 11) is 0. The van der Waals surface area contributed by atoms with Crippen LogP contribution < -0.4 is 5.32 Å². The number of anilines is 1. The Bertz CT molecular complexity index is 499. The van der Waals surface area contributed by atoms with Crippen LogP contribution in [-0.2, 0) is 6.42 Å². The van der Waals surface area contributed by atoms with Crippen LogP contribution in [0, 0.1) is 10.1 Å². The highest BCUT2D eigenvalue weighted by atomic mass is 16.6. The molecule has 0 spiro atoms. The Morgan fingerprint density at radius 1 is 1.47 bits per heavy atom. The molecule has 0 fully saturated rings. The van der Waals surface area contributed by atoms with E-state index in [1.54, 1.807) is 0 Å². The lowest BCUT2D eigenvalue weighted by molar-refractivity contribution is -0.384. The van der Waals surface area contributed by atoms with Crippen molar-refractivity contribution in [1.29, 1.82) is 0 Å². The molecule has 0 unspecified atom stereocenters. The highest BCUT2D eigenvalue weighted by Crippen LogP contribution is 2.19. The molecule has 0 atom stereocenters. The van der Waals surface area contributed by atoms with Crippen molar-refractivity contribution in [3.8, 4) is 0 Å². The van der Waals surface area contributed by atoms with Gasteiger partial charge in [-0.2, -0.15) is 4.98 Å². The number of rotatable bonds is 5. The number of aromatic nitrogens is 3. The second kappa shape index (κ2) is 5.01. The first-order valence-electron chi connectivity index (χ1n) is 4.86. The zero-order chi connectivity index (χ0) is 12.1. The second-order valence-corrected chi connectivity index (χ2v) is 3.15. The summed E-state index contributed by atoms with van der Waals surface area (Å²) in [5.41, 5.74) is -0.0550. The Balaban J connectivity index is 1.97. The van der Waals surface area contributed by atoms with Gasteiger partial charge in [-0.3, -0.25) is 10.1 Å². The Hall–Kier alpha value is -2.51. The fraction of sp³-hybridized carbons (Fsp3) is 0.222. The zero-order valence-corrected chi connectivity index (χ0v) is 8.74. The van der Waals surface area contributed by atoms with Gasteiger partial charge in [0.25, 0.3) is 0 Å². The third-order valence-corrected chi connectivity index (χ3v) is 2.03. The molecular weight excluding hydrogens is 226 g/mol. The van der Waals surface area contributed by atoms with E-state index < -0.39 is 4.92 Å². The molecule has 0 aliphatic carbocycles. The summed E-state index contributed by atoms with van der Waals surface area (Å²) in [5, 5.41) is 17.2. The predicted molar refractivity (Wildman–Crippen MR) is 57.4 cm³/mol. The minimum Gasteiger partial charge on any atom is -0.364 e. The van der Waals surface area contributed by atoms with E-state index in [1.165, 1.54) is 24.7 Å². The normalized spacial score (nSPS) is 10.1. The molecular formula is C9H9N5O3. The minimum atomic E-state index is -0.482. The van der Waals surface area contributed by atoms with Gasteiger partial charge in [0, 0.05) is 25.2 Å². The van der Waals surface area contributed by atoms with Gasteiger partial charge in [-0.15, -0.1) is 0 Å². The Kier molecular flexibility index (Phi) is 3.24. The van der Waals surface area contributed by atoms with E-state index in [9.17, 15) is 10.1 Å². The van der Waals surface area contributed by atoms with Crippen LogP contribution in [0.1, 0.15) is 5.82 Å². The molecule has 1 N–H and O–H groups in total. The third kappa shape index (κ3) is 2.74. The van der Waals surface area contributed by atoms with Crippen LogP contribution in [0.4, 0.5) is 11.5 Å². The average Bonchev–Trinajstić information content (AvgIpc) is 2.82. The third-order valence-electron chi connectivity index (χ3n) is 2.03. The van der Waals surface area contributed by atoms with Crippen LogP contribution in [0.25, 0.3) is 0 Å². The smallest absolute Gasteiger partial charge is 0.311 e. The molecule has 0 aromatic carbocycles. The van der Waals surface area contributed by atoms with Gasteiger partial charge in [-0.25, -0.2) is 4.98 Å². The molecule has 0 radical (unpaired) electrons. The molecule has 0 bridgehead atoms. The van der Waals surface area contributed by atoms with Gasteiger partial charge in [-0.05, 0) is 6.07 Å². The largest absolute Gasteiger partial charge is 0.364 e. The van der Waals surface area contributed by atoms with Crippen molar-refractivity contribution in [2.45, 2.75) is 6.42 Å². The first-order chi connectivity index (χ1) is 8.27. The standard InChI is InChI=1S/C9H9N5O3/c15-14(16)7-2-1-4-10-9(7)11-5-3-8-12-6-17-13-8/h1-2,4,6H,3,5H2,(H,10,11). The highest BCUT2D eigenvalue weighted by Gasteiger charge is 2.13. The molecule has 0 saturated carbocycles. The lowest BCUT2D eigenvalue weighted by Crippen LogP contribution is -2.09. The van der Waals surface area contributed by atoms with E-state index in [0.717, 1.165) is 0 Å². The van der Waals surface area contributed by atoms with Gasteiger partial charge in [0.2, 0.25) is 12.2 Å². The van der Waals surface area contributed by atoms with E-state index in [2.05, 4.69) is 25.0 Å². The maximum absolute atomic E-state index is 10.7. The number of nitrogens with zero attached hydrogens (tertiary/aromatic N) is 4. The highest BCUT2D eigenvalue weighted by molar-refractivity contribution is 5.54. The summed E-state index contributed by atoms with van der Waals surface area (Å²) in [6, 6.07) is 2.91. The summed E-state index contributed by atoms with van der Waals surface area (Å²) in [5.74, 6) is 0.775. The SMILES string of the molecule is O=[N+]([O-])c1cccnc1NCCc1ncon1. The molecule has 2 aromatic heterocycles. The molecule has 0 aliphatic heterocycles. The van der Waals surface area contributed by atoms with E-state index in [-0.39, 0.29) is 11.5 Å². The Morgan fingerprint density at radius 3 is 3.06 bits per heavy atom. The number of nitro groups is 1. The number of hydrogen-bond acceptors (Lipinski definition) is 7. The summed E-state index contributed by atoms with van der Waals surface area (Å²) < 4.78 is 4.57. The minimum absolute atomic E-state index is 0.0550. The fourth-order valence-corrected chi connectivity index (χ4v) is 1.28. The van der Waals surface area contributed by atoms with Crippen molar-refractivity contribution in [3.05, 3.63) is 40.7 Å². The van der Waals surface area contributed by atoms with Gasteiger partial charge in [0.15, 0.2) is 5.82 Å². The average molecular weight is 235 g/mol. The van der Waals surface area contributed by atoms with E-state index >= 15 is 0 Å². The molecule has 8 nitrogen and oxygen atoms in total. The van der Waals surface area contributed by atoms with E-state index in [1.807, 2.05) is 0 Å². The lowest BCUT2D eigenvalue weighted by Gasteiger charge is -2.03. The summed E-state index contributed by atoms with van der Waals surface area (Å²) in [4.78, 5) is 18.0. The van der Waals surface area contributed by atoms with Gasteiger partial charge < -0.3 is 9.84 Å². The quantitative estimate of drug-likeness (QED) is 0.609. The van der Waals surface area contributed by atoms with Crippen molar-refractivity contribution in [3.63, 3.8) is 0 Å². The monoisotopic (exact) mass is 235 g/mol. The molecule has 17 heavy (non-hydrogen) atoms. The van der Waals surface area contributed by atoms with Crippen LogP contribution in [0.15, 0.2) is 29.2 Å². The van der Waals surface area contributed by atoms with Gasteiger partial charge in [0.05, 0.1) is 4.92 Å². The zero-order valence-electron chi connectivity index (χ0n) is 8.74. The Morgan fingerprint density at radius 2 is 2.35 bits per heavy atom. The van der Waals surface area contributed by atoms with Crippen LogP contribution in [0.5, 0.6) is 0 Å². The summed E-state index contributed by atoms with van der Waals surface area (Å²) >= 11 is 0. The first-order valence-corrected chi connectivity index (χ1v) is 4.86. The molecule has 2 rings (SSSR count). The maximum Gasteiger partial charge on any atom is 0.311 e. The van der Waals surface area contributed by atoms with Gasteiger partial charge in [0.1, 0.15) is 0 Å². The second-order valence-electron chi connectivity index (χ2n) is 3.15. The summed E-state index contributed by atoms with van der Waals surface area (Å²) in [6.45, 7) is 0.442. The van der Waals surface area contributed by atoms with Crippen molar-refractivity contribution < 1.29 is 9.45 Å². The molecule has 2 aromatic rings. The molecule has 2 heterocycles. The number of pyridine rings is 1. The van der Waals surface area contributed by atoms with Crippen LogP contribution >= 0.6 is 0 Å².